The summed E-state index contributed by atoms with van der Waals surface area (Å²) < 4.78 is 0. The van der Waals surface area contributed by atoms with Crippen LogP contribution in [0, 0.1) is 32.1 Å². The van der Waals surface area contributed by atoms with Gasteiger partial charge in [-0.05, 0) is 40.5 Å². The Hall–Kier alpha value is -6.24. The zero-order valence-corrected chi connectivity index (χ0v) is 23.1. The van der Waals surface area contributed by atoms with Gasteiger partial charge in [0.15, 0.2) is 0 Å². The van der Waals surface area contributed by atoms with Crippen molar-refractivity contribution < 1.29 is 29.3 Å². The third-order valence-corrected chi connectivity index (χ3v) is 8.87. The Kier molecular flexibility index (Phi) is 6.07. The molecule has 0 radical (unpaired) electrons. The maximum absolute atomic E-state index is 14.4. The van der Waals surface area contributed by atoms with Crippen LogP contribution >= 0.6 is 0 Å². The third-order valence-electron chi connectivity index (χ3n) is 8.87. The van der Waals surface area contributed by atoms with E-state index < -0.39 is 62.2 Å². The van der Waals surface area contributed by atoms with E-state index in [4.69, 9.17) is 0 Å². The first-order valence-electron chi connectivity index (χ1n) is 13.8. The van der Waals surface area contributed by atoms with Crippen LogP contribution in [0.5, 0.6) is 5.75 Å². The molecule has 1 aliphatic heterocycles. The van der Waals surface area contributed by atoms with E-state index in [-0.39, 0.29) is 16.9 Å². The molecule has 4 aromatic rings. The molecular weight excluding hydrogens is 582 g/mol. The highest BCUT2D eigenvalue weighted by Crippen LogP contribution is 2.63. The van der Waals surface area contributed by atoms with E-state index >= 15 is 0 Å². The SMILES string of the molecule is O=C(N/N=C\C12c3ccccc3C(c3ccccc31)[C@@H]1C(=O)N(c3ccc([N+](=O)[O-])cc3)C(=O)[C@H]12)c1cc([N+](=O)[O-])ccc1O. The minimum Gasteiger partial charge on any atom is -0.507 e. The number of carbonyl (C=O) groups excluding carboxylic acids is 3. The number of nitrogens with one attached hydrogen (secondary N) is 1. The summed E-state index contributed by atoms with van der Waals surface area (Å²) in [6.45, 7) is 0. The van der Waals surface area contributed by atoms with Crippen molar-refractivity contribution in [2.45, 2.75) is 11.3 Å². The second-order valence-electron chi connectivity index (χ2n) is 11.0. The standard InChI is InChI=1S/C32H21N5O8/c38-25-14-13-19(37(44)45)15-22(25)29(39)34-33-16-32-23-7-3-1-5-20(23)26(21-6-2-4-8-24(21)32)27-28(32)31(41)35(30(27)40)17-9-11-18(12-10-17)36(42)43/h1-16,26-28,38H,(H,34,39)/b33-16-/t26?,27-,28-,32?/m0/s1. The molecule has 1 fully saturated rings. The number of hydrogen-bond donors (Lipinski definition) is 2. The number of aromatic hydroxyl groups is 1. The minimum absolute atomic E-state index is 0.190. The van der Waals surface area contributed by atoms with Crippen LogP contribution in [0.15, 0.2) is 96.1 Å². The number of carbonyl (C=O) groups is 3. The summed E-state index contributed by atoms with van der Waals surface area (Å²) in [6.07, 6.45) is 1.41. The molecule has 222 valence electrons. The van der Waals surface area contributed by atoms with Gasteiger partial charge in [-0.25, -0.2) is 10.3 Å². The summed E-state index contributed by atoms with van der Waals surface area (Å²) in [5, 5.41) is 36.9. The number of non-ortho nitro benzene ring substituents is 2. The molecule has 8 rings (SSSR count). The van der Waals surface area contributed by atoms with Crippen LogP contribution in [0.1, 0.15) is 38.5 Å². The highest BCUT2D eigenvalue weighted by molar-refractivity contribution is 6.25. The Morgan fingerprint density at radius 1 is 0.844 bits per heavy atom. The first kappa shape index (κ1) is 27.6. The van der Waals surface area contributed by atoms with Gasteiger partial charge in [-0.2, -0.15) is 5.10 Å². The van der Waals surface area contributed by atoms with Gasteiger partial charge in [-0.15, -0.1) is 0 Å². The van der Waals surface area contributed by atoms with Crippen LogP contribution in [0.3, 0.4) is 0 Å². The summed E-state index contributed by atoms with van der Waals surface area (Å²) >= 11 is 0. The molecule has 13 nitrogen and oxygen atoms in total. The molecule has 0 saturated carbocycles. The normalized spacial score (nSPS) is 22.6. The maximum Gasteiger partial charge on any atom is 0.275 e. The van der Waals surface area contributed by atoms with Gasteiger partial charge < -0.3 is 5.11 Å². The fourth-order valence-corrected chi connectivity index (χ4v) is 7.10. The Morgan fingerprint density at radius 3 is 2.02 bits per heavy atom. The van der Waals surface area contributed by atoms with Crippen molar-refractivity contribution in [1.82, 2.24) is 5.43 Å². The van der Waals surface area contributed by atoms with Crippen molar-refractivity contribution >= 4 is 41.0 Å². The zero-order valence-electron chi connectivity index (χ0n) is 23.1. The van der Waals surface area contributed by atoms with Crippen molar-refractivity contribution in [1.29, 1.82) is 0 Å². The molecule has 3 amide bonds. The van der Waals surface area contributed by atoms with Gasteiger partial charge in [-0.1, -0.05) is 48.5 Å². The summed E-state index contributed by atoms with van der Waals surface area (Å²) in [5.74, 6) is -4.70. The van der Waals surface area contributed by atoms with Crippen molar-refractivity contribution in [2.24, 2.45) is 16.9 Å². The van der Waals surface area contributed by atoms with E-state index in [2.05, 4.69) is 10.5 Å². The number of nitro groups is 2. The average Bonchev–Trinajstić information content (AvgIpc) is 3.31. The van der Waals surface area contributed by atoms with Gasteiger partial charge in [0.1, 0.15) is 5.75 Å². The van der Waals surface area contributed by atoms with Gasteiger partial charge in [0.2, 0.25) is 11.8 Å². The lowest BCUT2D eigenvalue weighted by Gasteiger charge is -2.52. The van der Waals surface area contributed by atoms with Crippen LogP contribution in [-0.2, 0) is 15.0 Å². The lowest BCUT2D eigenvalue weighted by Crippen LogP contribution is -2.54. The number of amides is 3. The number of benzene rings is 4. The lowest BCUT2D eigenvalue weighted by molar-refractivity contribution is -0.385. The molecule has 0 spiro atoms. The molecule has 45 heavy (non-hydrogen) atoms. The number of phenolic OH excluding ortho intramolecular Hbond substituents is 1. The fourth-order valence-electron chi connectivity index (χ4n) is 7.10. The number of hydrazone groups is 1. The molecule has 2 atom stereocenters. The summed E-state index contributed by atoms with van der Waals surface area (Å²) in [6, 6.07) is 23.0. The van der Waals surface area contributed by atoms with E-state index in [1.54, 1.807) is 0 Å². The Balaban J connectivity index is 1.36. The smallest absolute Gasteiger partial charge is 0.275 e. The average molecular weight is 604 g/mol. The highest BCUT2D eigenvalue weighted by atomic mass is 16.6. The number of nitrogens with zero attached hydrogens (tertiary/aromatic N) is 4. The number of nitro benzene ring substituents is 2. The van der Waals surface area contributed by atoms with Crippen molar-refractivity contribution in [3.05, 3.63) is 139 Å². The number of rotatable bonds is 6. The quantitative estimate of drug-likeness (QED) is 0.142. The fraction of sp³-hybridized carbons (Fsp3) is 0.125. The predicted molar refractivity (Wildman–Crippen MR) is 159 cm³/mol. The van der Waals surface area contributed by atoms with Crippen LogP contribution in [-0.4, -0.2) is 38.9 Å². The second kappa shape index (κ2) is 9.91. The van der Waals surface area contributed by atoms with E-state index in [1.165, 1.54) is 30.5 Å². The summed E-state index contributed by atoms with van der Waals surface area (Å²) in [5.41, 5.74) is 3.31. The van der Waals surface area contributed by atoms with Crippen molar-refractivity contribution in [3.8, 4) is 5.75 Å². The van der Waals surface area contributed by atoms with Crippen LogP contribution < -0.4 is 10.3 Å². The number of phenols is 1. The van der Waals surface area contributed by atoms with E-state index in [0.717, 1.165) is 45.4 Å². The lowest BCUT2D eigenvalue weighted by atomic mass is 9.47. The Morgan fingerprint density at radius 2 is 1.42 bits per heavy atom. The second-order valence-corrected chi connectivity index (χ2v) is 11.0. The van der Waals surface area contributed by atoms with Crippen LogP contribution in [0.25, 0.3) is 0 Å². The molecule has 0 aromatic heterocycles. The number of hydrogen-bond acceptors (Lipinski definition) is 9. The third kappa shape index (κ3) is 3.87. The Bertz CT molecular complexity index is 1960. The molecule has 2 N–H and O–H groups in total. The van der Waals surface area contributed by atoms with Gasteiger partial charge in [-0.3, -0.25) is 34.6 Å². The maximum atomic E-state index is 14.4. The molecule has 3 aliphatic carbocycles. The molecule has 0 unspecified atom stereocenters. The largest absolute Gasteiger partial charge is 0.507 e. The van der Waals surface area contributed by atoms with Crippen LogP contribution in [0.4, 0.5) is 17.1 Å². The topological polar surface area (TPSA) is 185 Å². The van der Waals surface area contributed by atoms with E-state index in [0.29, 0.717) is 0 Å². The zero-order chi connectivity index (χ0) is 31.6. The van der Waals surface area contributed by atoms with E-state index in [9.17, 15) is 39.7 Å². The highest BCUT2D eigenvalue weighted by Gasteiger charge is 2.68. The predicted octanol–water partition coefficient (Wildman–Crippen LogP) is 4.18. The van der Waals surface area contributed by atoms with Gasteiger partial charge in [0.25, 0.3) is 17.3 Å². The first-order valence-corrected chi connectivity index (χ1v) is 13.8. The minimum atomic E-state index is -1.33. The number of anilines is 1. The van der Waals surface area contributed by atoms with Crippen molar-refractivity contribution in [3.63, 3.8) is 0 Å². The first-order chi connectivity index (χ1) is 21.6. The van der Waals surface area contributed by atoms with Gasteiger partial charge in [0, 0.05) is 36.4 Å². The summed E-state index contributed by atoms with van der Waals surface area (Å²) in [4.78, 5) is 63.9. The Labute approximate surface area is 253 Å². The summed E-state index contributed by atoms with van der Waals surface area (Å²) in [7, 11) is 0. The molecule has 4 aromatic carbocycles. The van der Waals surface area contributed by atoms with Crippen LogP contribution in [0.2, 0.25) is 0 Å². The molecule has 13 heteroatoms. The van der Waals surface area contributed by atoms with E-state index in [1.807, 2.05) is 48.5 Å². The molecular formula is C32H21N5O8. The molecule has 1 saturated heterocycles. The molecule has 4 aliphatic rings. The molecule has 1 heterocycles. The van der Waals surface area contributed by atoms with Gasteiger partial charge >= 0.3 is 0 Å². The monoisotopic (exact) mass is 603 g/mol. The van der Waals surface area contributed by atoms with Crippen molar-refractivity contribution in [2.75, 3.05) is 4.90 Å². The molecule has 2 bridgehead atoms. The van der Waals surface area contributed by atoms with Gasteiger partial charge in [0.05, 0.1) is 38.3 Å². The number of imide groups is 1.